The molecular weight excluding hydrogens is 474 g/mol. The molecule has 0 aliphatic rings. The number of carbonyl (C=O) groups is 3. The Kier molecular flexibility index (Phi) is 7.43. The summed E-state index contributed by atoms with van der Waals surface area (Å²) >= 11 is 0. The highest BCUT2D eigenvalue weighted by atomic mass is 16.5. The molecule has 0 saturated heterocycles. The van der Waals surface area contributed by atoms with Gasteiger partial charge in [0.2, 0.25) is 5.55 Å². The largest absolute Gasteiger partial charge is 0.465 e. The van der Waals surface area contributed by atoms with Crippen LogP contribution in [0.2, 0.25) is 0 Å². The van der Waals surface area contributed by atoms with Crippen molar-refractivity contribution in [3.8, 4) is 0 Å². The molecule has 188 valence electrons. The molecule has 0 spiro atoms. The van der Waals surface area contributed by atoms with Crippen LogP contribution in [0.3, 0.4) is 0 Å². The summed E-state index contributed by atoms with van der Waals surface area (Å²) in [6.45, 7) is 5.01. The minimum atomic E-state index is -0.470. The molecule has 0 aliphatic heterocycles. The van der Waals surface area contributed by atoms with Crippen LogP contribution >= 0.6 is 0 Å². The maximum absolute atomic E-state index is 13.4. The maximum atomic E-state index is 13.4. The van der Waals surface area contributed by atoms with Crippen LogP contribution in [0.25, 0.3) is 11.0 Å². The van der Waals surface area contributed by atoms with Crippen LogP contribution in [0, 0.1) is 13.8 Å². The average molecular weight is 500 g/mol. The lowest BCUT2D eigenvalue weighted by Crippen LogP contribution is -2.22. The number of ether oxygens (including phenoxy) is 2. The first-order valence-corrected chi connectivity index (χ1v) is 11.4. The van der Waals surface area contributed by atoms with Crippen LogP contribution in [0.5, 0.6) is 0 Å². The first-order chi connectivity index (χ1) is 17.7. The summed E-state index contributed by atoms with van der Waals surface area (Å²) in [6.07, 6.45) is 1.58. The number of aromatic nitrogens is 1. The van der Waals surface area contributed by atoms with Gasteiger partial charge in [0.15, 0.2) is 5.58 Å². The molecule has 0 fully saturated rings. The van der Waals surface area contributed by atoms with E-state index in [2.05, 4.69) is 15.3 Å². The van der Waals surface area contributed by atoms with Crippen molar-refractivity contribution < 1.29 is 28.3 Å². The molecule has 4 aromatic rings. The predicted molar refractivity (Wildman–Crippen MR) is 136 cm³/mol. The highest BCUT2D eigenvalue weighted by Gasteiger charge is 2.17. The van der Waals surface area contributed by atoms with Crippen molar-refractivity contribution in [1.82, 2.24) is 4.98 Å². The van der Waals surface area contributed by atoms with Crippen molar-refractivity contribution >= 4 is 40.2 Å². The predicted octanol–water partition coefficient (Wildman–Crippen LogP) is 4.78. The Morgan fingerprint density at radius 1 is 1.03 bits per heavy atom. The molecule has 1 N–H and O–H groups in total. The lowest BCUT2D eigenvalue weighted by molar-refractivity contribution is -0.142. The minimum absolute atomic E-state index is 0.0286. The van der Waals surface area contributed by atoms with Gasteiger partial charge in [0.25, 0.3) is 5.91 Å². The van der Waals surface area contributed by atoms with Gasteiger partial charge >= 0.3 is 11.9 Å². The number of rotatable bonds is 6. The quantitative estimate of drug-likeness (QED) is 0.379. The van der Waals surface area contributed by atoms with Crippen molar-refractivity contribution in [2.75, 3.05) is 12.4 Å². The number of carbonyl (C=O) groups excluding carboxylic acids is 3. The monoisotopic (exact) mass is 499 g/mol. The van der Waals surface area contributed by atoms with E-state index < -0.39 is 17.8 Å². The van der Waals surface area contributed by atoms with E-state index in [-0.39, 0.29) is 17.7 Å². The van der Waals surface area contributed by atoms with Gasteiger partial charge in [-0.3, -0.25) is 14.6 Å². The standard InChI is InChI=1S/C28H25N3O6/c1-16-5-9-21(10-6-16)30-26(33)24-13-23-20(15-36-18(3)32)14-29-17(2)25(23)37-27(24)31-22-11-7-19(8-12-22)28(34)35-4/h5-14H,15H2,1-4H3,(H,30,33). The third kappa shape index (κ3) is 5.90. The molecular formula is C28H25N3O6. The Balaban J connectivity index is 1.87. The number of esters is 2. The fraction of sp³-hybridized carbons (Fsp3) is 0.179. The smallest absolute Gasteiger partial charge is 0.337 e. The Bertz CT molecular complexity index is 1550. The average Bonchev–Trinajstić information content (AvgIpc) is 2.89. The topological polar surface area (TPSA) is 120 Å². The van der Waals surface area contributed by atoms with Gasteiger partial charge in [-0.1, -0.05) is 17.7 Å². The van der Waals surface area contributed by atoms with Gasteiger partial charge in [0.05, 0.1) is 24.1 Å². The number of pyridine rings is 1. The zero-order valence-electron chi connectivity index (χ0n) is 20.8. The Hall–Kier alpha value is -4.79. The number of methoxy groups -OCH3 is 1. The van der Waals surface area contributed by atoms with Gasteiger partial charge < -0.3 is 19.2 Å². The molecule has 9 heteroatoms. The van der Waals surface area contributed by atoms with Crippen LogP contribution < -0.4 is 10.9 Å². The van der Waals surface area contributed by atoms with Gasteiger partial charge in [0, 0.05) is 29.8 Å². The van der Waals surface area contributed by atoms with Crippen LogP contribution in [0.4, 0.5) is 11.4 Å². The van der Waals surface area contributed by atoms with Crippen LogP contribution in [-0.2, 0) is 20.9 Å². The van der Waals surface area contributed by atoms with Crippen molar-refractivity contribution in [2.24, 2.45) is 4.99 Å². The molecule has 37 heavy (non-hydrogen) atoms. The normalized spacial score (nSPS) is 11.3. The van der Waals surface area contributed by atoms with E-state index in [9.17, 15) is 14.4 Å². The molecule has 4 rings (SSSR count). The molecule has 9 nitrogen and oxygen atoms in total. The number of nitrogens with zero attached hydrogens (tertiary/aromatic N) is 2. The number of aryl methyl sites for hydroxylation is 2. The van der Waals surface area contributed by atoms with Gasteiger partial charge in [-0.2, -0.15) is 0 Å². The molecule has 0 unspecified atom stereocenters. The van der Waals surface area contributed by atoms with Crippen LogP contribution in [-0.4, -0.2) is 29.9 Å². The second-order valence-electron chi connectivity index (χ2n) is 8.33. The van der Waals surface area contributed by atoms with Crippen LogP contribution in [0.1, 0.15) is 44.5 Å². The fourth-order valence-corrected chi connectivity index (χ4v) is 3.57. The maximum Gasteiger partial charge on any atom is 0.337 e. The molecule has 0 atom stereocenters. The van der Waals surface area contributed by atoms with E-state index in [1.54, 1.807) is 55.6 Å². The van der Waals surface area contributed by atoms with Crippen molar-refractivity contribution in [2.45, 2.75) is 27.4 Å². The van der Waals surface area contributed by atoms with Crippen molar-refractivity contribution in [1.29, 1.82) is 0 Å². The summed E-state index contributed by atoms with van der Waals surface area (Å²) in [5.74, 6) is -1.35. The van der Waals surface area contributed by atoms with E-state index in [0.717, 1.165) is 5.56 Å². The van der Waals surface area contributed by atoms with Crippen molar-refractivity contribution in [3.05, 3.63) is 94.3 Å². The molecule has 2 aromatic heterocycles. The summed E-state index contributed by atoms with van der Waals surface area (Å²) in [5.41, 5.74) is 4.27. The molecule has 0 saturated carbocycles. The molecule has 1 amide bonds. The number of amides is 1. The van der Waals surface area contributed by atoms with Crippen LogP contribution in [0.15, 0.2) is 70.2 Å². The van der Waals surface area contributed by atoms with E-state index in [1.807, 2.05) is 19.1 Å². The zero-order valence-corrected chi connectivity index (χ0v) is 20.8. The first kappa shape index (κ1) is 25.3. The number of nitrogens with one attached hydrogen (secondary N) is 1. The number of hydrogen-bond donors (Lipinski definition) is 1. The lowest BCUT2D eigenvalue weighted by Gasteiger charge is -2.11. The van der Waals surface area contributed by atoms with E-state index >= 15 is 0 Å². The highest BCUT2D eigenvalue weighted by Crippen LogP contribution is 2.23. The van der Waals surface area contributed by atoms with Gasteiger partial charge in [-0.25, -0.2) is 9.79 Å². The molecule has 0 radical (unpaired) electrons. The Morgan fingerprint density at radius 3 is 2.38 bits per heavy atom. The number of fused-ring (bicyclic) bond motifs is 1. The summed E-state index contributed by atoms with van der Waals surface area (Å²) in [5, 5.41) is 3.44. The number of anilines is 1. The molecule has 2 aromatic carbocycles. The van der Waals surface area contributed by atoms with E-state index in [1.165, 1.54) is 14.0 Å². The highest BCUT2D eigenvalue weighted by molar-refractivity contribution is 6.05. The second kappa shape index (κ2) is 10.9. The van der Waals surface area contributed by atoms with Crippen molar-refractivity contribution in [3.63, 3.8) is 0 Å². The summed E-state index contributed by atoms with van der Waals surface area (Å²) in [7, 11) is 1.31. The molecule has 0 aliphatic carbocycles. The Labute approximate surface area is 212 Å². The van der Waals surface area contributed by atoms with Gasteiger partial charge in [-0.15, -0.1) is 0 Å². The zero-order chi connectivity index (χ0) is 26.5. The Morgan fingerprint density at radius 2 is 1.73 bits per heavy atom. The third-order valence-electron chi connectivity index (χ3n) is 5.56. The number of hydrogen-bond acceptors (Lipinski definition) is 8. The van der Waals surface area contributed by atoms with Gasteiger partial charge in [-0.05, 0) is 56.3 Å². The molecule has 0 bridgehead atoms. The summed E-state index contributed by atoms with van der Waals surface area (Å²) in [6, 6.07) is 15.4. The van der Waals surface area contributed by atoms with E-state index in [4.69, 9.17) is 13.9 Å². The minimum Gasteiger partial charge on any atom is -0.465 e. The second-order valence-corrected chi connectivity index (χ2v) is 8.33. The third-order valence-corrected chi connectivity index (χ3v) is 5.56. The fourth-order valence-electron chi connectivity index (χ4n) is 3.57. The number of benzene rings is 2. The summed E-state index contributed by atoms with van der Waals surface area (Å²) < 4.78 is 16.0. The molecule has 2 heterocycles. The SMILES string of the molecule is COC(=O)c1ccc(N=c2oc3c(C)ncc(COC(C)=O)c3cc2C(=O)Nc2ccc(C)cc2)cc1. The first-order valence-electron chi connectivity index (χ1n) is 11.4. The summed E-state index contributed by atoms with van der Waals surface area (Å²) in [4.78, 5) is 45.5. The lowest BCUT2D eigenvalue weighted by atomic mass is 10.1. The van der Waals surface area contributed by atoms with E-state index in [0.29, 0.717) is 39.2 Å². The van der Waals surface area contributed by atoms with Gasteiger partial charge in [0.1, 0.15) is 12.2 Å².